The Morgan fingerprint density at radius 2 is 1.18 bits per heavy atom. The molecule has 1 aliphatic heterocycles. The molecule has 1 aromatic carbocycles. The van der Waals surface area contributed by atoms with Crippen LogP contribution in [0, 0.1) is 20.8 Å². The second kappa shape index (κ2) is 18.4. The summed E-state index contributed by atoms with van der Waals surface area (Å²) in [6.45, 7) is 22.4. The van der Waals surface area contributed by atoms with Gasteiger partial charge in [-0.3, -0.25) is 0 Å². The predicted molar refractivity (Wildman–Crippen MR) is 180 cm³/mol. The zero-order valence-corrected chi connectivity index (χ0v) is 30.6. The van der Waals surface area contributed by atoms with Gasteiger partial charge in [0.15, 0.2) is 0 Å². The van der Waals surface area contributed by atoms with E-state index in [1.165, 1.54) is 99.3 Å². The Morgan fingerprint density at radius 1 is 0.718 bits per heavy atom. The molecule has 4 nitrogen and oxygen atoms in total. The van der Waals surface area contributed by atoms with Crippen molar-refractivity contribution in [3.8, 4) is 0 Å². The fraction of sp³-hybridized carbons (Fsp3) is 0.781. The van der Waals surface area contributed by atoms with Crippen LogP contribution in [0.15, 0.2) is 17.1 Å². The van der Waals surface area contributed by atoms with Gasteiger partial charge in [0.25, 0.3) is 0 Å². The van der Waals surface area contributed by atoms with Crippen molar-refractivity contribution in [2.75, 3.05) is 13.2 Å². The van der Waals surface area contributed by atoms with Crippen molar-refractivity contribution >= 4 is 45.4 Å². The van der Waals surface area contributed by atoms with E-state index in [0.717, 1.165) is 19.0 Å². The van der Waals surface area contributed by atoms with Crippen molar-refractivity contribution in [1.82, 2.24) is 0 Å². The number of amidine groups is 1. The van der Waals surface area contributed by atoms with Crippen LogP contribution < -0.4 is 0 Å². The largest absolute Gasteiger partial charge is 2.00 e. The third kappa shape index (κ3) is 16.1. The molecule has 0 bridgehead atoms. The molecule has 0 spiro atoms. The maximum Gasteiger partial charge on any atom is 2.00 e. The Labute approximate surface area is 260 Å². The van der Waals surface area contributed by atoms with Gasteiger partial charge in [0.1, 0.15) is 0 Å². The number of aliphatic imine (C=N–C) groups is 1. The fourth-order valence-electron chi connectivity index (χ4n) is 5.98. The molecule has 0 N–H and O–H groups in total. The first-order valence-electron chi connectivity index (χ1n) is 15.5. The van der Waals surface area contributed by atoms with E-state index in [1.807, 2.05) is 0 Å². The van der Waals surface area contributed by atoms with Crippen LogP contribution >= 0.6 is 0 Å². The van der Waals surface area contributed by atoms with Gasteiger partial charge in [0.05, 0.1) is 0 Å². The minimum atomic E-state index is -1.11. The molecule has 1 aromatic rings. The van der Waals surface area contributed by atoms with Gasteiger partial charge in [-0.05, 0) is 62.4 Å². The molecule has 3 fully saturated rings. The smallest absolute Gasteiger partial charge is 0.668 e. The molecule has 3 aliphatic rings. The van der Waals surface area contributed by atoms with E-state index < -0.39 is 16.5 Å². The van der Waals surface area contributed by atoms with E-state index >= 15 is 0 Å². The predicted octanol–water partition coefficient (Wildman–Crippen LogP) is 9.84. The van der Waals surface area contributed by atoms with Crippen LogP contribution in [0.2, 0.25) is 39.3 Å². The van der Waals surface area contributed by atoms with Crippen LogP contribution in [-0.2, 0) is 4.74 Å². The number of benzene rings is 1. The summed E-state index contributed by atoms with van der Waals surface area (Å²) in [6.07, 6.45) is 15.6. The summed E-state index contributed by atoms with van der Waals surface area (Å²) >= 11 is 0. The molecule has 1 heterocycles. The maximum atomic E-state index is 5.20. The summed E-state index contributed by atoms with van der Waals surface area (Å²) < 4.78 is 9.76. The van der Waals surface area contributed by atoms with Gasteiger partial charge in [-0.25, -0.2) is 0 Å². The normalized spacial score (nSPS) is 19.3. The average Bonchev–Trinajstić information content (AvgIpc) is 3.38. The topological polar surface area (TPSA) is 49.8 Å². The van der Waals surface area contributed by atoms with Crippen LogP contribution in [0.4, 0.5) is 0 Å². The standard InChI is InChI=1S/C22H33N2.C6H18NSi2.C4H8O.Mg/c1-16-14-17(2)21(18(3)15-16)22(23-19-10-6-4-7-11-19)24-20-12-8-5-9-13-20;1-8(2,3)7-9(4,5)6;1-2-4-5-3-1;/h14-15,19-20H,4-13H2,1-3H3;1-6H3;1-4H2;/q2*-1;;+2. The Balaban J connectivity index is 0.000000419. The number of hydrogen-bond acceptors (Lipinski definition) is 2. The second-order valence-corrected chi connectivity index (χ2v) is 23.3. The molecule has 39 heavy (non-hydrogen) atoms. The van der Waals surface area contributed by atoms with E-state index in [-0.39, 0.29) is 23.1 Å². The maximum absolute atomic E-state index is 5.20. The molecule has 0 amide bonds. The average molecular weight is 582 g/mol. The van der Waals surface area contributed by atoms with Crippen LogP contribution in [0.5, 0.6) is 0 Å². The SMILES string of the molecule is C1CCOC1.C[Si](C)(C)[N-][Si](C)(C)C.Cc1cc(C)c(C(=NC2CCCCC2)[N-]C2CCCCC2)c(C)c1.[Mg+2]. The molecule has 1 saturated heterocycles. The summed E-state index contributed by atoms with van der Waals surface area (Å²) in [4.78, 5) is 5.20. The third-order valence-electron chi connectivity index (χ3n) is 7.16. The summed E-state index contributed by atoms with van der Waals surface area (Å²) in [5.41, 5.74) is 5.31. The zero-order valence-electron chi connectivity index (χ0n) is 27.2. The van der Waals surface area contributed by atoms with Crippen molar-refractivity contribution in [1.29, 1.82) is 0 Å². The number of ether oxygens (including phenoxy) is 1. The third-order valence-corrected chi connectivity index (χ3v) is 12.5. The molecule has 7 heteroatoms. The number of aryl methyl sites for hydroxylation is 3. The second-order valence-electron chi connectivity index (χ2n) is 13.7. The monoisotopic (exact) mass is 581 g/mol. The van der Waals surface area contributed by atoms with Crippen molar-refractivity contribution in [2.45, 2.75) is 149 Å². The van der Waals surface area contributed by atoms with Crippen LogP contribution in [-0.4, -0.2) is 70.7 Å². The van der Waals surface area contributed by atoms with Gasteiger partial charge in [-0.2, -0.15) is 0 Å². The van der Waals surface area contributed by atoms with Crippen molar-refractivity contribution in [3.63, 3.8) is 0 Å². The van der Waals surface area contributed by atoms with E-state index in [4.69, 9.17) is 19.7 Å². The first kappa shape index (κ1) is 36.8. The first-order valence-corrected chi connectivity index (χ1v) is 22.4. The van der Waals surface area contributed by atoms with E-state index in [0.29, 0.717) is 12.1 Å². The van der Waals surface area contributed by atoms with Crippen LogP contribution in [0.1, 0.15) is 99.3 Å². The van der Waals surface area contributed by atoms with E-state index in [9.17, 15) is 0 Å². The molecule has 2 aliphatic carbocycles. The Kier molecular flexibility index (Phi) is 17.4. The van der Waals surface area contributed by atoms with Gasteiger partial charge >= 0.3 is 23.1 Å². The first-order chi connectivity index (χ1) is 17.8. The molecule has 0 unspecified atom stereocenters. The minimum Gasteiger partial charge on any atom is -0.668 e. The van der Waals surface area contributed by atoms with Gasteiger partial charge < -0.3 is 19.7 Å². The molecular formula is C32H59MgN3OSi2. The molecule has 2 saturated carbocycles. The molecule has 4 rings (SSSR count). The molecule has 0 aromatic heterocycles. The quantitative estimate of drug-likeness (QED) is 0.194. The summed E-state index contributed by atoms with van der Waals surface area (Å²) in [5.74, 6) is 1.06. The van der Waals surface area contributed by atoms with Gasteiger partial charge in [-0.15, -0.1) is 0 Å². The minimum absolute atomic E-state index is 0. The van der Waals surface area contributed by atoms with Crippen LogP contribution in [0.25, 0.3) is 9.96 Å². The van der Waals surface area contributed by atoms with E-state index in [1.54, 1.807) is 0 Å². The summed E-state index contributed by atoms with van der Waals surface area (Å²) in [6, 6.07) is 5.55. The number of hydrogen-bond donors (Lipinski definition) is 0. The Hall–Kier alpha value is -0.190. The zero-order chi connectivity index (χ0) is 28.2. The number of nitrogens with zero attached hydrogens (tertiary/aromatic N) is 3. The molecule has 218 valence electrons. The molecule has 0 radical (unpaired) electrons. The summed E-state index contributed by atoms with van der Waals surface area (Å²) in [5, 5.41) is 5.20. The van der Waals surface area contributed by atoms with Crippen molar-refractivity contribution < 1.29 is 4.74 Å². The molecule has 0 atom stereocenters. The summed E-state index contributed by atoms with van der Waals surface area (Å²) in [7, 11) is -2.21. The van der Waals surface area contributed by atoms with Crippen LogP contribution in [0.3, 0.4) is 0 Å². The Morgan fingerprint density at radius 3 is 1.56 bits per heavy atom. The number of rotatable bonds is 5. The van der Waals surface area contributed by atoms with Gasteiger partial charge in [0, 0.05) is 13.2 Å². The van der Waals surface area contributed by atoms with Crippen molar-refractivity contribution in [3.05, 3.63) is 44.4 Å². The molecular weight excluding hydrogens is 523 g/mol. The van der Waals surface area contributed by atoms with Gasteiger partial charge in [0.2, 0.25) is 0 Å². The fourth-order valence-corrected chi connectivity index (χ4v) is 14.0. The Bertz CT molecular complexity index is 805. The van der Waals surface area contributed by atoms with Crippen molar-refractivity contribution in [2.24, 2.45) is 4.99 Å². The van der Waals surface area contributed by atoms with E-state index in [2.05, 4.69) is 72.2 Å². The van der Waals surface area contributed by atoms with Gasteiger partial charge in [-0.1, -0.05) is 143 Å².